The number of rotatable bonds is 4. The maximum absolute atomic E-state index is 13.1. The van der Waals surface area contributed by atoms with Crippen LogP contribution >= 0.6 is 12.4 Å². The summed E-state index contributed by atoms with van der Waals surface area (Å²) in [5.74, 6) is 0.708. The lowest BCUT2D eigenvalue weighted by molar-refractivity contribution is 0.0786. The van der Waals surface area contributed by atoms with Crippen molar-refractivity contribution in [3.63, 3.8) is 0 Å². The lowest BCUT2D eigenvalue weighted by atomic mass is 9.89. The number of nitrogens with zero attached hydrogens (tertiary/aromatic N) is 3. The fourth-order valence-electron chi connectivity index (χ4n) is 3.92. The first-order valence-corrected chi connectivity index (χ1v) is 9.38. The lowest BCUT2D eigenvalue weighted by Gasteiger charge is -2.17. The Labute approximate surface area is 170 Å². The minimum atomic E-state index is -0.0165. The maximum Gasteiger partial charge on any atom is 0.257 e. The van der Waals surface area contributed by atoms with Crippen LogP contribution in [0.5, 0.6) is 0 Å². The molecule has 6 nitrogen and oxygen atoms in total. The molecule has 1 saturated heterocycles. The van der Waals surface area contributed by atoms with Gasteiger partial charge in [0.2, 0.25) is 0 Å². The van der Waals surface area contributed by atoms with Crippen LogP contribution in [0.3, 0.4) is 0 Å². The number of carbonyl (C=O) groups is 1. The summed E-state index contributed by atoms with van der Waals surface area (Å²) in [4.78, 5) is 19.3. The van der Waals surface area contributed by atoms with Gasteiger partial charge in [-0.3, -0.25) is 4.79 Å². The number of likely N-dealkylation sites (tertiary alicyclic amines) is 1. The van der Waals surface area contributed by atoms with Gasteiger partial charge in [0.25, 0.3) is 11.6 Å². The van der Waals surface area contributed by atoms with Gasteiger partial charge in [0.1, 0.15) is 0 Å². The molecule has 2 N–H and O–H groups in total. The Morgan fingerprint density at radius 1 is 1.29 bits per heavy atom. The molecule has 3 heterocycles. The molecular weight excluding hydrogens is 376 g/mol. The molecule has 0 radical (unpaired) electrons. The Morgan fingerprint density at radius 3 is 2.71 bits per heavy atom. The summed E-state index contributed by atoms with van der Waals surface area (Å²) in [5.41, 5.74) is 9.11. The van der Waals surface area contributed by atoms with Crippen LogP contribution in [0.2, 0.25) is 0 Å². The maximum atomic E-state index is 13.1. The Kier molecular flexibility index (Phi) is 6.01. The highest BCUT2D eigenvalue weighted by atomic mass is 35.5. The van der Waals surface area contributed by atoms with Crippen LogP contribution in [0.15, 0.2) is 47.1 Å². The Morgan fingerprint density at radius 2 is 2.04 bits per heavy atom. The van der Waals surface area contributed by atoms with Crippen LogP contribution in [0.25, 0.3) is 11.1 Å². The number of carbonyl (C=O) groups excluding carboxylic acids is 1. The first kappa shape index (κ1) is 20.3. The lowest BCUT2D eigenvalue weighted by Crippen LogP contribution is -2.29. The standard InChI is InChI=1S/C21H24N4O2.ClH/c1-13(2)19-17-8-15(10-23-20(17)27-24-19)21(26)25-11-16(9-22)18(12-25)14-6-4-3-5-7-14;/h3-8,10,13,16,18H,9,11-12,22H2,1-2H3;1H/t16-,18+;/m1./s1. The first-order valence-electron chi connectivity index (χ1n) is 9.38. The number of halogens is 1. The zero-order valence-corrected chi connectivity index (χ0v) is 16.9. The number of fused-ring (bicyclic) bond motifs is 1. The third-order valence-corrected chi connectivity index (χ3v) is 5.41. The van der Waals surface area contributed by atoms with Gasteiger partial charge in [-0.1, -0.05) is 49.3 Å². The topological polar surface area (TPSA) is 85.2 Å². The van der Waals surface area contributed by atoms with Gasteiger partial charge in [-0.25, -0.2) is 4.98 Å². The van der Waals surface area contributed by atoms with Crippen LogP contribution in [0, 0.1) is 5.92 Å². The summed E-state index contributed by atoms with van der Waals surface area (Å²) in [6.07, 6.45) is 1.58. The second-order valence-corrected chi connectivity index (χ2v) is 7.52. The molecule has 0 aliphatic carbocycles. The summed E-state index contributed by atoms with van der Waals surface area (Å²) in [7, 11) is 0. The SMILES string of the molecule is CC(C)c1noc2ncc(C(=O)N3C[C@@H](CN)[C@H](c4ccccc4)C3)cc12.Cl. The van der Waals surface area contributed by atoms with Crippen molar-refractivity contribution in [3.05, 3.63) is 59.4 Å². The third-order valence-electron chi connectivity index (χ3n) is 5.41. The molecule has 1 amide bonds. The fourth-order valence-corrected chi connectivity index (χ4v) is 3.92. The van der Waals surface area contributed by atoms with Crippen molar-refractivity contribution in [3.8, 4) is 0 Å². The van der Waals surface area contributed by atoms with E-state index in [0.29, 0.717) is 30.9 Å². The van der Waals surface area contributed by atoms with Gasteiger partial charge in [-0.05, 0) is 30.0 Å². The Hall–Kier alpha value is -2.44. The largest absolute Gasteiger partial charge is 0.338 e. The molecule has 0 saturated carbocycles. The fraction of sp³-hybridized carbons (Fsp3) is 0.381. The van der Waals surface area contributed by atoms with E-state index in [-0.39, 0.29) is 36.1 Å². The summed E-state index contributed by atoms with van der Waals surface area (Å²) < 4.78 is 5.28. The van der Waals surface area contributed by atoms with E-state index in [2.05, 4.69) is 22.3 Å². The Bertz CT molecular complexity index is 957. The molecule has 4 rings (SSSR count). The molecular formula is C21H25ClN4O2. The van der Waals surface area contributed by atoms with Gasteiger partial charge in [0.15, 0.2) is 0 Å². The molecule has 0 spiro atoms. The van der Waals surface area contributed by atoms with Crippen LogP contribution in [-0.4, -0.2) is 40.6 Å². The predicted molar refractivity (Wildman–Crippen MR) is 111 cm³/mol. The third kappa shape index (κ3) is 3.62. The van der Waals surface area contributed by atoms with Crippen molar-refractivity contribution in [2.24, 2.45) is 11.7 Å². The number of hydrogen-bond acceptors (Lipinski definition) is 5. The normalized spacial score (nSPS) is 19.2. The van der Waals surface area contributed by atoms with Crippen molar-refractivity contribution in [1.82, 2.24) is 15.0 Å². The van der Waals surface area contributed by atoms with Gasteiger partial charge >= 0.3 is 0 Å². The minimum absolute atomic E-state index is 0. The summed E-state index contributed by atoms with van der Waals surface area (Å²) in [6, 6.07) is 12.1. The highest BCUT2D eigenvalue weighted by molar-refractivity contribution is 5.97. The highest BCUT2D eigenvalue weighted by Gasteiger charge is 2.35. The summed E-state index contributed by atoms with van der Waals surface area (Å²) in [5, 5.41) is 4.90. The quantitative estimate of drug-likeness (QED) is 0.723. The van der Waals surface area contributed by atoms with Crippen molar-refractivity contribution in [1.29, 1.82) is 0 Å². The molecule has 28 heavy (non-hydrogen) atoms. The monoisotopic (exact) mass is 400 g/mol. The number of nitrogens with two attached hydrogens (primary N) is 1. The van der Waals surface area contributed by atoms with Crippen molar-refractivity contribution >= 4 is 29.4 Å². The average Bonchev–Trinajstić information content (AvgIpc) is 3.31. The Balaban J connectivity index is 0.00000225. The zero-order chi connectivity index (χ0) is 19.0. The van der Waals surface area contributed by atoms with Crippen molar-refractivity contribution in [2.45, 2.75) is 25.7 Å². The van der Waals surface area contributed by atoms with Crippen LogP contribution in [-0.2, 0) is 0 Å². The predicted octanol–water partition coefficient (Wildman–Crippen LogP) is 3.58. The van der Waals surface area contributed by atoms with E-state index >= 15 is 0 Å². The van der Waals surface area contributed by atoms with Gasteiger partial charge < -0.3 is 15.2 Å². The molecule has 0 unspecified atom stereocenters. The molecule has 7 heteroatoms. The smallest absolute Gasteiger partial charge is 0.257 e. The molecule has 3 aromatic rings. The van der Waals surface area contributed by atoms with Crippen LogP contribution in [0.4, 0.5) is 0 Å². The van der Waals surface area contributed by atoms with E-state index in [1.165, 1.54) is 5.56 Å². The van der Waals surface area contributed by atoms with Gasteiger partial charge in [0.05, 0.1) is 16.6 Å². The molecule has 148 valence electrons. The number of benzene rings is 1. The van der Waals surface area contributed by atoms with E-state index < -0.39 is 0 Å². The van der Waals surface area contributed by atoms with E-state index in [1.54, 1.807) is 6.20 Å². The first-order chi connectivity index (χ1) is 13.1. The van der Waals surface area contributed by atoms with E-state index in [1.807, 2.05) is 43.0 Å². The van der Waals surface area contributed by atoms with Crippen LogP contribution in [0.1, 0.15) is 47.3 Å². The highest BCUT2D eigenvalue weighted by Crippen LogP contribution is 2.33. The van der Waals surface area contributed by atoms with E-state index in [4.69, 9.17) is 10.3 Å². The number of amides is 1. The molecule has 0 bridgehead atoms. The second-order valence-electron chi connectivity index (χ2n) is 7.52. The minimum Gasteiger partial charge on any atom is -0.338 e. The summed E-state index contributed by atoms with van der Waals surface area (Å²) >= 11 is 0. The zero-order valence-electron chi connectivity index (χ0n) is 16.0. The number of aromatic nitrogens is 2. The number of pyridine rings is 1. The van der Waals surface area contributed by atoms with Gasteiger partial charge in [0, 0.05) is 25.2 Å². The molecule has 1 aliphatic heterocycles. The van der Waals surface area contributed by atoms with Crippen LogP contribution < -0.4 is 5.73 Å². The van der Waals surface area contributed by atoms with Crippen molar-refractivity contribution in [2.75, 3.05) is 19.6 Å². The van der Waals surface area contributed by atoms with E-state index in [9.17, 15) is 4.79 Å². The molecule has 1 aromatic carbocycles. The van der Waals surface area contributed by atoms with E-state index in [0.717, 1.165) is 11.1 Å². The van der Waals surface area contributed by atoms with Crippen molar-refractivity contribution < 1.29 is 9.32 Å². The average molecular weight is 401 g/mol. The molecule has 2 atom stereocenters. The van der Waals surface area contributed by atoms with Gasteiger partial charge in [-0.15, -0.1) is 12.4 Å². The summed E-state index contributed by atoms with van der Waals surface area (Å²) in [6.45, 7) is 5.98. The number of hydrogen-bond donors (Lipinski definition) is 1. The molecule has 1 fully saturated rings. The second kappa shape index (κ2) is 8.29. The van der Waals surface area contributed by atoms with Gasteiger partial charge in [-0.2, -0.15) is 0 Å². The molecule has 2 aromatic heterocycles. The molecule has 1 aliphatic rings.